The Morgan fingerprint density at radius 3 is 2.62 bits per heavy atom. The predicted octanol–water partition coefficient (Wildman–Crippen LogP) is 2.38. The molecule has 0 fully saturated rings. The monoisotopic (exact) mass is 444 g/mol. The lowest BCUT2D eigenvalue weighted by Crippen LogP contribution is -2.17. The van der Waals surface area contributed by atoms with E-state index in [4.69, 9.17) is 9.47 Å². The van der Waals surface area contributed by atoms with E-state index >= 15 is 0 Å². The third kappa shape index (κ3) is 5.82. The minimum atomic E-state index is -3.84. The van der Waals surface area contributed by atoms with Gasteiger partial charge in [0.1, 0.15) is 10.6 Å². The van der Waals surface area contributed by atoms with Crippen molar-refractivity contribution in [1.82, 2.24) is 14.9 Å². The fourth-order valence-electron chi connectivity index (χ4n) is 2.01. The zero-order valence-corrected chi connectivity index (χ0v) is 17.2. The van der Waals surface area contributed by atoms with E-state index in [0.29, 0.717) is 17.0 Å². The number of ether oxygens (including phenoxy) is 2. The van der Waals surface area contributed by atoms with Crippen LogP contribution in [0.1, 0.15) is 6.42 Å². The molecule has 2 aromatic rings. The molecular weight excluding hydrogens is 424 g/mol. The zero-order chi connectivity index (χ0) is 19.2. The normalized spacial score (nSPS) is 11.4. The van der Waals surface area contributed by atoms with Gasteiger partial charge in [0.2, 0.25) is 11.8 Å². The summed E-state index contributed by atoms with van der Waals surface area (Å²) < 4.78 is 38.9. The summed E-state index contributed by atoms with van der Waals surface area (Å²) in [5.74, 6) is 0.551. The Morgan fingerprint density at radius 2 is 2.00 bits per heavy atom. The number of hydrogen-bond acceptors (Lipinski definition) is 7. The summed E-state index contributed by atoms with van der Waals surface area (Å²) in [6.45, 7) is 1.28. The lowest BCUT2D eigenvalue weighted by atomic mass is 10.4. The lowest BCUT2D eigenvalue weighted by Gasteiger charge is -2.14. The second kappa shape index (κ2) is 9.15. The van der Waals surface area contributed by atoms with Gasteiger partial charge in [0.15, 0.2) is 0 Å². The van der Waals surface area contributed by atoms with Crippen molar-refractivity contribution in [3.8, 4) is 11.8 Å². The maximum atomic E-state index is 12.6. The summed E-state index contributed by atoms with van der Waals surface area (Å²) in [6, 6.07) is 4.49. The maximum Gasteiger partial charge on any atom is 0.263 e. The minimum absolute atomic E-state index is 0.0110. The van der Waals surface area contributed by atoms with Gasteiger partial charge in [-0.15, -0.1) is 0 Å². The highest BCUT2D eigenvalue weighted by Gasteiger charge is 2.18. The van der Waals surface area contributed by atoms with E-state index < -0.39 is 10.0 Å². The van der Waals surface area contributed by atoms with E-state index in [9.17, 15) is 8.42 Å². The molecule has 0 bridgehead atoms. The molecule has 2 aromatic heterocycles. The molecule has 0 aliphatic rings. The van der Waals surface area contributed by atoms with Gasteiger partial charge < -0.3 is 14.4 Å². The summed E-state index contributed by atoms with van der Waals surface area (Å²) in [4.78, 5) is 10.1. The smallest absolute Gasteiger partial charge is 0.263 e. The van der Waals surface area contributed by atoms with Crippen molar-refractivity contribution < 1.29 is 17.9 Å². The van der Waals surface area contributed by atoms with E-state index in [-0.39, 0.29) is 16.5 Å². The van der Waals surface area contributed by atoms with Gasteiger partial charge in [-0.25, -0.2) is 18.4 Å². The number of nitrogens with zero attached hydrogens (tertiary/aromatic N) is 3. The topological polar surface area (TPSA) is 93.7 Å². The highest BCUT2D eigenvalue weighted by Crippen LogP contribution is 2.28. The number of pyridine rings is 2. The second-order valence-corrected chi connectivity index (χ2v) is 8.25. The summed E-state index contributed by atoms with van der Waals surface area (Å²) in [5.41, 5.74) is 0.250. The van der Waals surface area contributed by atoms with Crippen molar-refractivity contribution in [2.75, 3.05) is 39.1 Å². The number of aromatic nitrogens is 2. The molecule has 26 heavy (non-hydrogen) atoms. The Balaban J connectivity index is 2.16. The third-order valence-electron chi connectivity index (χ3n) is 3.28. The van der Waals surface area contributed by atoms with Gasteiger partial charge in [-0.1, -0.05) is 0 Å². The molecule has 0 unspecified atom stereocenters. The van der Waals surface area contributed by atoms with Crippen LogP contribution < -0.4 is 14.2 Å². The number of sulfonamides is 1. The zero-order valence-electron chi connectivity index (χ0n) is 14.8. The first-order valence-corrected chi connectivity index (χ1v) is 10.1. The number of anilines is 1. The number of nitrogens with one attached hydrogen (secondary N) is 1. The van der Waals surface area contributed by atoms with Crippen LogP contribution in [0.2, 0.25) is 0 Å². The van der Waals surface area contributed by atoms with Crippen molar-refractivity contribution >= 4 is 31.6 Å². The van der Waals surface area contributed by atoms with Gasteiger partial charge in [0.05, 0.1) is 19.9 Å². The molecule has 0 aromatic carbocycles. The molecule has 10 heteroatoms. The van der Waals surface area contributed by atoms with Crippen LogP contribution in [0.25, 0.3) is 0 Å². The molecule has 2 rings (SSSR count). The van der Waals surface area contributed by atoms with E-state index in [0.717, 1.165) is 13.0 Å². The fourth-order valence-corrected chi connectivity index (χ4v) is 3.34. The van der Waals surface area contributed by atoms with Gasteiger partial charge in [0.25, 0.3) is 10.0 Å². The van der Waals surface area contributed by atoms with E-state index in [1.165, 1.54) is 25.4 Å². The maximum absolute atomic E-state index is 12.6. The first-order valence-electron chi connectivity index (χ1n) is 7.78. The average Bonchev–Trinajstić information content (AvgIpc) is 2.60. The molecule has 2 heterocycles. The van der Waals surface area contributed by atoms with Crippen LogP contribution in [0.4, 0.5) is 5.69 Å². The van der Waals surface area contributed by atoms with Crippen molar-refractivity contribution in [3.63, 3.8) is 0 Å². The molecule has 8 nitrogen and oxygen atoms in total. The Bertz CT molecular complexity index is 829. The van der Waals surface area contributed by atoms with Crippen LogP contribution >= 0.6 is 15.9 Å². The summed E-state index contributed by atoms with van der Waals surface area (Å²) in [5, 5.41) is 0. The molecule has 0 aliphatic heterocycles. The van der Waals surface area contributed by atoms with Crippen LogP contribution in [0.3, 0.4) is 0 Å². The van der Waals surface area contributed by atoms with Crippen LogP contribution in [-0.4, -0.2) is 57.6 Å². The Labute approximate surface area is 161 Å². The molecule has 0 saturated carbocycles. The summed E-state index contributed by atoms with van der Waals surface area (Å²) >= 11 is 3.29. The number of hydrogen-bond donors (Lipinski definition) is 1. The van der Waals surface area contributed by atoms with Gasteiger partial charge in [-0.05, 0) is 48.6 Å². The van der Waals surface area contributed by atoms with Crippen molar-refractivity contribution in [2.24, 2.45) is 0 Å². The van der Waals surface area contributed by atoms with E-state index in [2.05, 4.69) is 30.6 Å². The third-order valence-corrected chi connectivity index (χ3v) is 5.06. The van der Waals surface area contributed by atoms with Crippen LogP contribution in [0.5, 0.6) is 11.8 Å². The lowest BCUT2D eigenvalue weighted by molar-refractivity contribution is 0.274. The van der Waals surface area contributed by atoms with Crippen LogP contribution in [0.15, 0.2) is 40.0 Å². The first-order chi connectivity index (χ1) is 12.3. The largest absolute Gasteiger partial charge is 0.481 e. The molecule has 0 atom stereocenters. The Kier molecular flexibility index (Phi) is 7.18. The van der Waals surface area contributed by atoms with Crippen molar-refractivity contribution in [2.45, 2.75) is 11.3 Å². The quantitative estimate of drug-likeness (QED) is 0.593. The minimum Gasteiger partial charge on any atom is -0.481 e. The number of halogens is 1. The molecule has 0 radical (unpaired) electrons. The second-order valence-electron chi connectivity index (χ2n) is 5.65. The molecule has 1 N–H and O–H groups in total. The molecule has 0 aliphatic carbocycles. The van der Waals surface area contributed by atoms with E-state index in [1.54, 1.807) is 12.3 Å². The van der Waals surface area contributed by atoms with Gasteiger partial charge in [-0.3, -0.25) is 4.72 Å². The molecule has 0 spiro atoms. The molecule has 0 amide bonds. The molecule has 0 saturated heterocycles. The average molecular weight is 445 g/mol. The fraction of sp³-hybridized carbons (Fsp3) is 0.375. The van der Waals surface area contributed by atoms with Gasteiger partial charge in [-0.2, -0.15) is 0 Å². The van der Waals surface area contributed by atoms with Crippen molar-refractivity contribution in [1.29, 1.82) is 0 Å². The Hall–Kier alpha value is -1.91. The van der Waals surface area contributed by atoms with Crippen LogP contribution in [-0.2, 0) is 10.0 Å². The molecule has 142 valence electrons. The highest BCUT2D eigenvalue weighted by molar-refractivity contribution is 9.10. The standard InChI is InChI=1S/C16H21BrN4O4S/c1-21(2)7-4-8-25-16-14(9-12(17)10-19-16)20-26(22,23)13-5-6-15(24-3)18-11-13/h5-6,9-11,20H,4,7-8H2,1-3H3. The summed E-state index contributed by atoms with van der Waals surface area (Å²) in [6.07, 6.45) is 3.57. The number of methoxy groups -OCH3 is 1. The summed E-state index contributed by atoms with van der Waals surface area (Å²) in [7, 11) is 1.57. The number of rotatable bonds is 9. The SMILES string of the molecule is COc1ccc(S(=O)(=O)Nc2cc(Br)cnc2OCCCN(C)C)cn1. The van der Waals surface area contributed by atoms with E-state index in [1.807, 2.05) is 19.0 Å². The predicted molar refractivity (Wildman–Crippen MR) is 102 cm³/mol. The first kappa shape index (κ1) is 20.4. The molecular formula is C16H21BrN4O4S. The van der Waals surface area contributed by atoms with Gasteiger partial charge >= 0.3 is 0 Å². The van der Waals surface area contributed by atoms with Crippen LogP contribution in [0, 0.1) is 0 Å². The Morgan fingerprint density at radius 1 is 1.23 bits per heavy atom. The highest BCUT2D eigenvalue weighted by atomic mass is 79.9. The van der Waals surface area contributed by atoms with Gasteiger partial charge in [0, 0.05) is 23.3 Å². The van der Waals surface area contributed by atoms with Crippen molar-refractivity contribution in [3.05, 3.63) is 35.1 Å².